The van der Waals surface area contributed by atoms with E-state index in [1.54, 1.807) is 23.0 Å². The van der Waals surface area contributed by atoms with E-state index in [0.29, 0.717) is 49.6 Å². The zero-order valence-corrected chi connectivity index (χ0v) is 21.3. The van der Waals surface area contributed by atoms with E-state index in [0.717, 1.165) is 29.8 Å². The van der Waals surface area contributed by atoms with Crippen LogP contribution >= 0.6 is 0 Å². The molecule has 0 radical (unpaired) electrons. The van der Waals surface area contributed by atoms with Crippen molar-refractivity contribution in [1.82, 2.24) is 24.2 Å². The zero-order chi connectivity index (χ0) is 26.1. The van der Waals surface area contributed by atoms with Crippen molar-refractivity contribution in [3.05, 3.63) is 82.8 Å². The molecule has 1 aliphatic heterocycles. The molecule has 2 fully saturated rings. The van der Waals surface area contributed by atoms with Gasteiger partial charge in [-0.1, -0.05) is 12.1 Å². The van der Waals surface area contributed by atoms with Gasteiger partial charge < -0.3 is 9.84 Å². The predicted octanol–water partition coefficient (Wildman–Crippen LogP) is 4.07. The summed E-state index contributed by atoms with van der Waals surface area (Å²) in [6, 6.07) is 14.2. The molecule has 38 heavy (non-hydrogen) atoms. The number of hydrogen-bond acceptors (Lipinski definition) is 6. The second-order valence-corrected chi connectivity index (χ2v) is 10.6. The molecule has 1 N–H and O–H groups in total. The van der Waals surface area contributed by atoms with Crippen LogP contribution in [0.25, 0.3) is 16.7 Å². The van der Waals surface area contributed by atoms with Crippen LogP contribution in [-0.2, 0) is 13.1 Å². The molecule has 1 aliphatic carbocycles. The van der Waals surface area contributed by atoms with Gasteiger partial charge in [0.2, 0.25) is 0 Å². The molecule has 0 spiro atoms. The number of benzene rings is 2. The molecule has 0 unspecified atom stereocenters. The lowest BCUT2D eigenvalue weighted by Crippen LogP contribution is -2.47. The van der Waals surface area contributed by atoms with E-state index in [1.165, 1.54) is 35.9 Å². The van der Waals surface area contributed by atoms with Gasteiger partial charge in [0.15, 0.2) is 5.65 Å². The minimum atomic E-state index is -0.996. The van der Waals surface area contributed by atoms with Crippen LogP contribution in [0.5, 0.6) is 5.75 Å². The topological polar surface area (TPSA) is 85.4 Å². The van der Waals surface area contributed by atoms with Crippen molar-refractivity contribution < 1.29 is 14.2 Å². The highest BCUT2D eigenvalue weighted by molar-refractivity contribution is 5.75. The maximum Gasteiger partial charge on any atom is 0.264 e. The number of nitrogens with zero attached hydrogens (tertiary/aromatic N) is 5. The number of hydrogen-bond donors (Lipinski definition) is 1. The molecule has 9 heteroatoms. The first-order valence-corrected chi connectivity index (χ1v) is 13.4. The number of fused-ring (bicyclic) bond motifs is 1. The Kier molecular flexibility index (Phi) is 6.71. The van der Waals surface area contributed by atoms with Gasteiger partial charge in [-0.25, -0.2) is 14.1 Å². The van der Waals surface area contributed by atoms with Crippen LogP contribution in [0, 0.1) is 5.82 Å². The Hall–Kier alpha value is -3.56. The van der Waals surface area contributed by atoms with Crippen LogP contribution in [0.15, 0.2) is 65.8 Å². The summed E-state index contributed by atoms with van der Waals surface area (Å²) in [6.45, 7) is 2.27. The van der Waals surface area contributed by atoms with Crippen LogP contribution < -0.4 is 10.3 Å². The number of aromatic nitrogens is 4. The van der Waals surface area contributed by atoms with E-state index in [4.69, 9.17) is 4.74 Å². The Morgan fingerprint density at radius 2 is 1.74 bits per heavy atom. The number of piperidine rings is 1. The van der Waals surface area contributed by atoms with Crippen molar-refractivity contribution in [2.45, 2.75) is 63.3 Å². The summed E-state index contributed by atoms with van der Waals surface area (Å²) < 4.78 is 22.4. The molecule has 2 aromatic carbocycles. The Morgan fingerprint density at radius 1 is 1.03 bits per heavy atom. The SMILES string of the molecule is O=c1c2cnn(-c3ccc(OC4CCCC4)cc3)c2ncn1CC1(O)CCN(Cc2ccc(F)cc2)CC1. The van der Waals surface area contributed by atoms with Crippen LogP contribution in [0.1, 0.15) is 44.1 Å². The molecule has 8 nitrogen and oxygen atoms in total. The third-order valence-electron chi connectivity index (χ3n) is 7.81. The van der Waals surface area contributed by atoms with Gasteiger partial charge in [-0.3, -0.25) is 14.3 Å². The van der Waals surface area contributed by atoms with E-state index in [2.05, 4.69) is 15.0 Å². The largest absolute Gasteiger partial charge is 0.490 e. The number of ether oxygens (including phenoxy) is 1. The first kappa shape index (κ1) is 24.8. The smallest absolute Gasteiger partial charge is 0.264 e. The molecule has 0 amide bonds. The molecule has 2 aromatic heterocycles. The molecule has 198 valence electrons. The van der Waals surface area contributed by atoms with Crippen LogP contribution in [0.2, 0.25) is 0 Å². The Balaban J connectivity index is 1.13. The monoisotopic (exact) mass is 517 g/mol. The Labute approximate surface area is 220 Å². The van der Waals surface area contributed by atoms with E-state index in [1.807, 2.05) is 24.3 Å². The third kappa shape index (κ3) is 5.21. The lowest BCUT2D eigenvalue weighted by molar-refractivity contribution is -0.0364. The van der Waals surface area contributed by atoms with Crippen molar-refractivity contribution in [2.24, 2.45) is 0 Å². The van der Waals surface area contributed by atoms with Crippen molar-refractivity contribution in [1.29, 1.82) is 0 Å². The molecular formula is C29H32FN5O3. The third-order valence-corrected chi connectivity index (χ3v) is 7.81. The lowest BCUT2D eigenvalue weighted by atomic mass is 9.91. The zero-order valence-electron chi connectivity index (χ0n) is 21.3. The Morgan fingerprint density at radius 3 is 2.45 bits per heavy atom. The Bertz CT molecular complexity index is 1450. The quantitative estimate of drug-likeness (QED) is 0.398. The highest BCUT2D eigenvalue weighted by Crippen LogP contribution is 2.27. The summed E-state index contributed by atoms with van der Waals surface area (Å²) in [7, 11) is 0. The van der Waals surface area contributed by atoms with Gasteiger partial charge in [0.05, 0.1) is 30.1 Å². The number of halogens is 1. The normalized spacial score (nSPS) is 18.3. The van der Waals surface area contributed by atoms with Crippen LogP contribution in [0.4, 0.5) is 4.39 Å². The summed E-state index contributed by atoms with van der Waals surface area (Å²) in [5.74, 6) is 0.592. The van der Waals surface area contributed by atoms with Gasteiger partial charge in [0.25, 0.3) is 5.56 Å². The average Bonchev–Trinajstić information content (AvgIpc) is 3.60. The number of rotatable bonds is 7. The fourth-order valence-corrected chi connectivity index (χ4v) is 5.57. The highest BCUT2D eigenvalue weighted by atomic mass is 19.1. The van der Waals surface area contributed by atoms with Crippen LogP contribution in [0.3, 0.4) is 0 Å². The highest BCUT2D eigenvalue weighted by Gasteiger charge is 2.33. The van der Waals surface area contributed by atoms with E-state index in [-0.39, 0.29) is 17.9 Å². The van der Waals surface area contributed by atoms with Gasteiger partial charge in [-0.05, 0) is 80.5 Å². The molecule has 0 bridgehead atoms. The fourth-order valence-electron chi connectivity index (χ4n) is 5.57. The van der Waals surface area contributed by atoms with Gasteiger partial charge in [0, 0.05) is 19.6 Å². The number of aliphatic hydroxyl groups is 1. The fraction of sp³-hybridized carbons (Fsp3) is 0.414. The second kappa shape index (κ2) is 10.3. The molecule has 0 atom stereocenters. The number of likely N-dealkylation sites (tertiary alicyclic amines) is 1. The maximum atomic E-state index is 13.3. The van der Waals surface area contributed by atoms with Gasteiger partial charge in [-0.15, -0.1) is 0 Å². The predicted molar refractivity (Wildman–Crippen MR) is 142 cm³/mol. The molecular weight excluding hydrogens is 485 g/mol. The summed E-state index contributed by atoms with van der Waals surface area (Å²) in [4.78, 5) is 20.0. The van der Waals surface area contributed by atoms with E-state index >= 15 is 0 Å². The summed E-state index contributed by atoms with van der Waals surface area (Å²) >= 11 is 0. The lowest BCUT2D eigenvalue weighted by Gasteiger charge is -2.38. The van der Waals surface area contributed by atoms with Gasteiger partial charge in [0.1, 0.15) is 23.3 Å². The van der Waals surface area contributed by atoms with Crippen molar-refractivity contribution in [2.75, 3.05) is 13.1 Å². The first-order chi connectivity index (χ1) is 18.5. The van der Waals surface area contributed by atoms with E-state index in [9.17, 15) is 14.3 Å². The van der Waals surface area contributed by atoms with Gasteiger partial charge in [-0.2, -0.15) is 5.10 Å². The maximum absolute atomic E-state index is 13.3. The molecule has 1 saturated carbocycles. The minimum absolute atomic E-state index is 0.178. The molecule has 3 heterocycles. The van der Waals surface area contributed by atoms with Crippen molar-refractivity contribution in [3.63, 3.8) is 0 Å². The second-order valence-electron chi connectivity index (χ2n) is 10.6. The first-order valence-electron chi connectivity index (χ1n) is 13.4. The van der Waals surface area contributed by atoms with Crippen molar-refractivity contribution >= 4 is 11.0 Å². The molecule has 1 saturated heterocycles. The molecule has 6 rings (SSSR count). The van der Waals surface area contributed by atoms with Crippen LogP contribution in [-0.4, -0.2) is 54.1 Å². The average molecular weight is 518 g/mol. The van der Waals surface area contributed by atoms with Crippen molar-refractivity contribution in [3.8, 4) is 11.4 Å². The van der Waals surface area contributed by atoms with E-state index < -0.39 is 5.60 Å². The standard InChI is InChI=1S/C29H32FN5O3/c30-22-7-5-21(6-8-22)18-33-15-13-29(37,14-16-33)19-34-20-31-27-26(28(34)36)17-32-35(27)23-9-11-25(12-10-23)38-24-3-1-2-4-24/h5-12,17,20,24,37H,1-4,13-16,18-19H2. The molecule has 4 aromatic rings. The van der Waals surface area contributed by atoms with Gasteiger partial charge >= 0.3 is 0 Å². The minimum Gasteiger partial charge on any atom is -0.490 e. The summed E-state index contributed by atoms with van der Waals surface area (Å²) in [5.41, 5.74) is 1.11. The summed E-state index contributed by atoms with van der Waals surface area (Å²) in [6.07, 6.45) is 9.06. The molecule has 2 aliphatic rings. The summed E-state index contributed by atoms with van der Waals surface area (Å²) in [5, 5.41) is 16.1.